The highest BCUT2D eigenvalue weighted by Crippen LogP contribution is 2.27. The molecule has 1 amide bonds. The Morgan fingerprint density at radius 2 is 1.81 bits per heavy atom. The summed E-state index contributed by atoms with van der Waals surface area (Å²) in [7, 11) is 0. The van der Waals surface area contributed by atoms with E-state index in [1.165, 1.54) is 0 Å². The lowest BCUT2D eigenvalue weighted by Gasteiger charge is -2.30. The van der Waals surface area contributed by atoms with Gasteiger partial charge in [0, 0.05) is 13.1 Å². The van der Waals surface area contributed by atoms with Crippen molar-refractivity contribution in [3.8, 4) is 5.75 Å². The molecule has 0 aromatic heterocycles. The standard InChI is InChI=1S/C21H26N2O3/c1-16(2)17-7-3-6-10-20(17)26-15-21(24)22-18-8-4-5-9-19(18)23-11-13-25-14-12-23/h3-10,16H,11-15H2,1-2H3,(H,22,24). The average Bonchev–Trinajstić information content (AvgIpc) is 2.67. The number of hydrogen-bond donors (Lipinski definition) is 1. The Hall–Kier alpha value is -2.53. The van der Waals surface area contributed by atoms with Crippen molar-refractivity contribution in [2.24, 2.45) is 0 Å². The molecule has 2 aromatic carbocycles. The van der Waals surface area contributed by atoms with Crippen LogP contribution in [0.3, 0.4) is 0 Å². The molecule has 0 aliphatic carbocycles. The molecule has 5 heteroatoms. The molecule has 1 heterocycles. The maximum Gasteiger partial charge on any atom is 0.262 e. The Bertz CT molecular complexity index is 740. The van der Waals surface area contributed by atoms with Gasteiger partial charge in [-0.05, 0) is 29.7 Å². The number of nitrogens with zero attached hydrogens (tertiary/aromatic N) is 1. The van der Waals surface area contributed by atoms with Crippen molar-refractivity contribution in [1.82, 2.24) is 0 Å². The van der Waals surface area contributed by atoms with Crippen LogP contribution in [-0.4, -0.2) is 38.8 Å². The molecule has 1 aliphatic rings. The summed E-state index contributed by atoms with van der Waals surface area (Å²) >= 11 is 0. The number of anilines is 2. The molecule has 1 saturated heterocycles. The maximum atomic E-state index is 12.4. The predicted octanol–water partition coefficient (Wildman–Crippen LogP) is 3.66. The van der Waals surface area contributed by atoms with Crippen molar-refractivity contribution < 1.29 is 14.3 Å². The van der Waals surface area contributed by atoms with E-state index in [4.69, 9.17) is 9.47 Å². The van der Waals surface area contributed by atoms with Gasteiger partial charge in [0.25, 0.3) is 5.91 Å². The van der Waals surface area contributed by atoms with E-state index >= 15 is 0 Å². The zero-order valence-electron chi connectivity index (χ0n) is 15.4. The van der Waals surface area contributed by atoms with Gasteiger partial charge >= 0.3 is 0 Å². The third-order valence-electron chi connectivity index (χ3n) is 4.43. The largest absolute Gasteiger partial charge is 0.483 e. The first-order valence-electron chi connectivity index (χ1n) is 9.08. The fourth-order valence-electron chi connectivity index (χ4n) is 3.08. The van der Waals surface area contributed by atoms with Gasteiger partial charge in [-0.1, -0.05) is 44.2 Å². The van der Waals surface area contributed by atoms with E-state index in [0.29, 0.717) is 19.1 Å². The Kier molecular flexibility index (Phi) is 6.12. The maximum absolute atomic E-state index is 12.4. The molecule has 0 bridgehead atoms. The van der Waals surface area contributed by atoms with Crippen molar-refractivity contribution in [2.45, 2.75) is 19.8 Å². The van der Waals surface area contributed by atoms with Crippen LogP contribution >= 0.6 is 0 Å². The summed E-state index contributed by atoms with van der Waals surface area (Å²) in [6.07, 6.45) is 0. The van der Waals surface area contributed by atoms with Gasteiger partial charge in [-0.25, -0.2) is 0 Å². The van der Waals surface area contributed by atoms with Gasteiger partial charge in [0.15, 0.2) is 6.61 Å². The monoisotopic (exact) mass is 354 g/mol. The highest BCUT2D eigenvalue weighted by Gasteiger charge is 2.16. The van der Waals surface area contributed by atoms with Crippen molar-refractivity contribution in [1.29, 1.82) is 0 Å². The number of para-hydroxylation sites is 3. The topological polar surface area (TPSA) is 50.8 Å². The summed E-state index contributed by atoms with van der Waals surface area (Å²) in [5, 5.41) is 2.98. The van der Waals surface area contributed by atoms with Crippen LogP contribution in [0.25, 0.3) is 0 Å². The number of morpholine rings is 1. The van der Waals surface area contributed by atoms with Crippen LogP contribution in [0, 0.1) is 0 Å². The van der Waals surface area contributed by atoms with Crippen molar-refractivity contribution in [2.75, 3.05) is 43.1 Å². The fourth-order valence-corrected chi connectivity index (χ4v) is 3.08. The molecule has 2 aromatic rings. The summed E-state index contributed by atoms with van der Waals surface area (Å²) in [5.74, 6) is 0.944. The van der Waals surface area contributed by atoms with Crippen LogP contribution < -0.4 is 15.0 Å². The van der Waals surface area contributed by atoms with Gasteiger partial charge in [-0.3, -0.25) is 4.79 Å². The summed E-state index contributed by atoms with van der Waals surface area (Å²) in [5.41, 5.74) is 2.93. The van der Waals surface area contributed by atoms with Gasteiger partial charge in [0.05, 0.1) is 24.6 Å². The SMILES string of the molecule is CC(C)c1ccccc1OCC(=O)Nc1ccccc1N1CCOCC1. The number of carbonyl (C=O) groups is 1. The first kappa shape index (κ1) is 18.3. The van der Waals surface area contributed by atoms with E-state index in [1.54, 1.807) is 0 Å². The van der Waals surface area contributed by atoms with Gasteiger partial charge < -0.3 is 19.7 Å². The smallest absolute Gasteiger partial charge is 0.262 e. The molecule has 1 N–H and O–H groups in total. The van der Waals surface area contributed by atoms with E-state index in [1.807, 2.05) is 48.5 Å². The summed E-state index contributed by atoms with van der Waals surface area (Å²) in [6.45, 7) is 7.27. The van der Waals surface area contributed by atoms with Crippen LogP contribution in [0.4, 0.5) is 11.4 Å². The normalized spacial score (nSPS) is 14.3. The zero-order chi connectivity index (χ0) is 18.4. The van der Waals surface area contributed by atoms with Gasteiger partial charge in [0.1, 0.15) is 5.75 Å². The van der Waals surface area contributed by atoms with Crippen molar-refractivity contribution in [3.63, 3.8) is 0 Å². The summed E-state index contributed by atoms with van der Waals surface area (Å²) < 4.78 is 11.2. The number of carbonyl (C=O) groups excluding carboxylic acids is 1. The molecule has 5 nitrogen and oxygen atoms in total. The van der Waals surface area contributed by atoms with Gasteiger partial charge in [-0.2, -0.15) is 0 Å². The van der Waals surface area contributed by atoms with E-state index in [9.17, 15) is 4.79 Å². The molecule has 1 aliphatic heterocycles. The number of amides is 1. The second-order valence-electron chi connectivity index (χ2n) is 6.65. The summed E-state index contributed by atoms with van der Waals surface area (Å²) in [6, 6.07) is 15.7. The van der Waals surface area contributed by atoms with Crippen molar-refractivity contribution in [3.05, 3.63) is 54.1 Å². The molecule has 0 saturated carbocycles. The number of benzene rings is 2. The molecule has 0 radical (unpaired) electrons. The van der Waals surface area contributed by atoms with Crippen molar-refractivity contribution >= 4 is 17.3 Å². The number of ether oxygens (including phenoxy) is 2. The molecule has 3 rings (SSSR count). The van der Waals surface area contributed by atoms with E-state index in [0.717, 1.165) is 35.8 Å². The minimum Gasteiger partial charge on any atom is -0.483 e. The Morgan fingerprint density at radius 3 is 2.58 bits per heavy atom. The Balaban J connectivity index is 1.64. The van der Waals surface area contributed by atoms with E-state index < -0.39 is 0 Å². The fraction of sp³-hybridized carbons (Fsp3) is 0.381. The van der Waals surface area contributed by atoms with E-state index in [-0.39, 0.29) is 12.5 Å². The van der Waals surface area contributed by atoms with Crippen LogP contribution in [0.2, 0.25) is 0 Å². The Morgan fingerprint density at radius 1 is 1.12 bits per heavy atom. The van der Waals surface area contributed by atoms with Crippen LogP contribution in [0.15, 0.2) is 48.5 Å². The van der Waals surface area contributed by atoms with Gasteiger partial charge in [0.2, 0.25) is 0 Å². The van der Waals surface area contributed by atoms with Crippen LogP contribution in [0.5, 0.6) is 5.75 Å². The lowest BCUT2D eigenvalue weighted by Crippen LogP contribution is -2.37. The molecule has 26 heavy (non-hydrogen) atoms. The molecular weight excluding hydrogens is 328 g/mol. The first-order chi connectivity index (χ1) is 12.6. The van der Waals surface area contributed by atoms with Crippen LogP contribution in [-0.2, 0) is 9.53 Å². The highest BCUT2D eigenvalue weighted by molar-refractivity contribution is 5.95. The number of nitrogens with one attached hydrogen (secondary N) is 1. The number of hydrogen-bond acceptors (Lipinski definition) is 4. The summed E-state index contributed by atoms with van der Waals surface area (Å²) in [4.78, 5) is 14.7. The molecule has 0 atom stereocenters. The van der Waals surface area contributed by atoms with Gasteiger partial charge in [-0.15, -0.1) is 0 Å². The minimum atomic E-state index is -0.163. The molecule has 138 valence electrons. The third-order valence-corrected chi connectivity index (χ3v) is 4.43. The first-order valence-corrected chi connectivity index (χ1v) is 9.08. The lowest BCUT2D eigenvalue weighted by molar-refractivity contribution is -0.118. The third kappa shape index (κ3) is 4.55. The lowest BCUT2D eigenvalue weighted by atomic mass is 10.0. The molecule has 0 spiro atoms. The van der Waals surface area contributed by atoms with Crippen LogP contribution in [0.1, 0.15) is 25.3 Å². The minimum absolute atomic E-state index is 0.0127. The molecule has 1 fully saturated rings. The second-order valence-corrected chi connectivity index (χ2v) is 6.65. The average molecular weight is 354 g/mol. The van der Waals surface area contributed by atoms with E-state index in [2.05, 4.69) is 24.1 Å². The quantitative estimate of drug-likeness (QED) is 0.860. The second kappa shape index (κ2) is 8.72. The number of rotatable bonds is 6. The molecule has 0 unspecified atom stereocenters. The highest BCUT2D eigenvalue weighted by atomic mass is 16.5. The Labute approximate surface area is 154 Å². The molecular formula is C21H26N2O3. The predicted molar refractivity (Wildman–Crippen MR) is 104 cm³/mol. The zero-order valence-corrected chi connectivity index (χ0v) is 15.4.